The number of likely N-dealkylation sites (tertiary alicyclic amines) is 1. The van der Waals surface area contributed by atoms with Crippen molar-refractivity contribution in [2.75, 3.05) is 19.7 Å². The molecule has 1 fully saturated rings. The summed E-state index contributed by atoms with van der Waals surface area (Å²) in [5.74, 6) is 0.661. The minimum absolute atomic E-state index is 0.235. The Balaban J connectivity index is 1.46. The highest BCUT2D eigenvalue weighted by Crippen LogP contribution is 2.19. The molecule has 1 aromatic carbocycles. The topological polar surface area (TPSA) is 87.2 Å². The van der Waals surface area contributed by atoms with Gasteiger partial charge in [-0.2, -0.15) is 10.4 Å². The third-order valence-corrected chi connectivity index (χ3v) is 4.23. The lowest BCUT2D eigenvalue weighted by atomic mass is 10.2. The van der Waals surface area contributed by atoms with Gasteiger partial charge in [-0.1, -0.05) is 0 Å². The molecule has 7 nitrogen and oxygen atoms in total. The van der Waals surface area contributed by atoms with Gasteiger partial charge in [-0.05, 0) is 43.7 Å². The number of benzene rings is 1. The number of hydrogen-bond donors (Lipinski definition) is 1. The van der Waals surface area contributed by atoms with Gasteiger partial charge in [0.25, 0.3) is 0 Å². The molecule has 7 heteroatoms. The van der Waals surface area contributed by atoms with Crippen molar-refractivity contribution in [1.82, 2.24) is 19.7 Å². The summed E-state index contributed by atoms with van der Waals surface area (Å²) in [6.45, 7) is 2.59. The van der Waals surface area contributed by atoms with E-state index in [2.05, 4.69) is 21.1 Å². The standard InChI is InChI=1S/C17H21N5O2/c18-8-14-3-5-17(6-4-14)24-11-16(23)10-21-7-1-2-15(21)9-22-13-19-12-20-22/h3-6,12-13,15-16,23H,1-2,7,9-11H2/t15-,16+/m0/s1. The van der Waals surface area contributed by atoms with Gasteiger partial charge in [0.1, 0.15) is 31.1 Å². The molecule has 0 bridgehead atoms. The summed E-state index contributed by atoms with van der Waals surface area (Å²) in [5.41, 5.74) is 0.593. The molecule has 3 rings (SSSR count). The maximum atomic E-state index is 10.3. The lowest BCUT2D eigenvalue weighted by Crippen LogP contribution is -2.40. The van der Waals surface area contributed by atoms with Crippen molar-refractivity contribution in [1.29, 1.82) is 5.26 Å². The summed E-state index contributed by atoms with van der Waals surface area (Å²) in [6, 6.07) is 9.34. The highest BCUT2D eigenvalue weighted by Gasteiger charge is 2.26. The summed E-state index contributed by atoms with van der Waals surface area (Å²) < 4.78 is 7.44. The van der Waals surface area contributed by atoms with Gasteiger partial charge < -0.3 is 9.84 Å². The molecule has 0 aliphatic carbocycles. The maximum Gasteiger partial charge on any atom is 0.137 e. The van der Waals surface area contributed by atoms with E-state index in [-0.39, 0.29) is 6.61 Å². The zero-order valence-electron chi connectivity index (χ0n) is 13.5. The van der Waals surface area contributed by atoms with E-state index in [0.29, 0.717) is 23.9 Å². The largest absolute Gasteiger partial charge is 0.491 e. The van der Waals surface area contributed by atoms with Crippen LogP contribution in [0.4, 0.5) is 0 Å². The van der Waals surface area contributed by atoms with Gasteiger partial charge in [0, 0.05) is 12.6 Å². The van der Waals surface area contributed by atoms with Crippen molar-refractivity contribution in [2.45, 2.75) is 31.5 Å². The lowest BCUT2D eigenvalue weighted by Gasteiger charge is -2.26. The summed E-state index contributed by atoms with van der Waals surface area (Å²) >= 11 is 0. The Bertz CT molecular complexity index is 665. The lowest BCUT2D eigenvalue weighted by molar-refractivity contribution is 0.0609. The molecule has 0 amide bonds. The minimum atomic E-state index is -0.558. The number of β-amino-alcohol motifs (C(OH)–C–C–N with tert-alkyl or cyclic N) is 1. The van der Waals surface area contributed by atoms with Crippen LogP contribution < -0.4 is 4.74 Å². The number of aliphatic hydroxyl groups excluding tert-OH is 1. The Labute approximate surface area is 141 Å². The SMILES string of the molecule is N#Cc1ccc(OC[C@H](O)CN2CCC[C@H]2Cn2cncn2)cc1. The summed E-state index contributed by atoms with van der Waals surface area (Å²) in [5, 5.41) is 23.2. The van der Waals surface area contributed by atoms with Gasteiger partial charge in [-0.3, -0.25) is 9.58 Å². The number of nitriles is 1. The van der Waals surface area contributed by atoms with Crippen molar-refractivity contribution in [3.8, 4) is 11.8 Å². The van der Waals surface area contributed by atoms with E-state index in [4.69, 9.17) is 10.00 Å². The van der Waals surface area contributed by atoms with Gasteiger partial charge >= 0.3 is 0 Å². The Hall–Kier alpha value is -2.43. The van der Waals surface area contributed by atoms with Crippen molar-refractivity contribution in [3.05, 3.63) is 42.5 Å². The third kappa shape index (κ3) is 4.31. The molecule has 2 aromatic rings. The zero-order chi connectivity index (χ0) is 16.8. The van der Waals surface area contributed by atoms with Crippen molar-refractivity contribution < 1.29 is 9.84 Å². The monoisotopic (exact) mass is 327 g/mol. The molecule has 24 heavy (non-hydrogen) atoms. The predicted octanol–water partition coefficient (Wildman–Crippen LogP) is 1.05. The van der Waals surface area contributed by atoms with Crippen LogP contribution in [0.2, 0.25) is 0 Å². The molecule has 1 saturated heterocycles. The molecule has 0 unspecified atom stereocenters. The van der Waals surface area contributed by atoms with E-state index < -0.39 is 6.10 Å². The maximum absolute atomic E-state index is 10.3. The first-order valence-electron chi connectivity index (χ1n) is 8.12. The summed E-state index contributed by atoms with van der Waals surface area (Å²) in [6.07, 6.45) is 4.93. The van der Waals surface area contributed by atoms with Gasteiger partial charge in [-0.25, -0.2) is 4.98 Å². The van der Waals surface area contributed by atoms with Crippen LogP contribution in [0.25, 0.3) is 0 Å². The predicted molar refractivity (Wildman–Crippen MR) is 87.3 cm³/mol. The smallest absolute Gasteiger partial charge is 0.137 e. The zero-order valence-corrected chi connectivity index (χ0v) is 13.5. The third-order valence-electron chi connectivity index (χ3n) is 4.23. The van der Waals surface area contributed by atoms with Crippen LogP contribution in [0.5, 0.6) is 5.75 Å². The van der Waals surface area contributed by atoms with E-state index in [1.54, 1.807) is 36.9 Å². The van der Waals surface area contributed by atoms with Crippen molar-refractivity contribution >= 4 is 0 Å². The van der Waals surface area contributed by atoms with E-state index in [1.165, 1.54) is 0 Å². The fraction of sp³-hybridized carbons (Fsp3) is 0.471. The molecule has 1 aliphatic heterocycles. The minimum Gasteiger partial charge on any atom is -0.491 e. The number of hydrogen-bond acceptors (Lipinski definition) is 6. The van der Waals surface area contributed by atoms with Gasteiger partial charge in [0.2, 0.25) is 0 Å². The number of nitrogens with zero attached hydrogens (tertiary/aromatic N) is 5. The molecule has 2 atom stereocenters. The molecule has 0 spiro atoms. The molecule has 126 valence electrons. The van der Waals surface area contributed by atoms with Crippen LogP contribution in [-0.4, -0.2) is 56.6 Å². The summed E-state index contributed by atoms with van der Waals surface area (Å²) in [4.78, 5) is 6.26. The molecule has 1 N–H and O–H groups in total. The molecule has 0 saturated carbocycles. The van der Waals surface area contributed by atoms with E-state index in [0.717, 1.165) is 25.9 Å². The molecule has 0 radical (unpaired) electrons. The first-order valence-corrected chi connectivity index (χ1v) is 8.12. The van der Waals surface area contributed by atoms with Gasteiger partial charge in [0.15, 0.2) is 0 Å². The Morgan fingerprint density at radius 3 is 2.92 bits per heavy atom. The molecule has 2 heterocycles. The molecule has 1 aromatic heterocycles. The van der Waals surface area contributed by atoms with Crippen molar-refractivity contribution in [2.24, 2.45) is 0 Å². The van der Waals surface area contributed by atoms with Crippen molar-refractivity contribution in [3.63, 3.8) is 0 Å². The first-order chi connectivity index (χ1) is 11.7. The van der Waals surface area contributed by atoms with Crippen LogP contribution >= 0.6 is 0 Å². The van der Waals surface area contributed by atoms with Crippen LogP contribution in [0.3, 0.4) is 0 Å². The molecular formula is C17H21N5O2. The number of aliphatic hydroxyl groups is 1. The highest BCUT2D eigenvalue weighted by atomic mass is 16.5. The first kappa shape index (κ1) is 16.4. The van der Waals surface area contributed by atoms with Crippen LogP contribution in [-0.2, 0) is 6.54 Å². The van der Waals surface area contributed by atoms with Gasteiger partial charge in [-0.15, -0.1) is 0 Å². The fourth-order valence-electron chi connectivity index (χ4n) is 3.03. The average Bonchev–Trinajstić information content (AvgIpc) is 3.26. The number of ether oxygens (including phenoxy) is 1. The number of aromatic nitrogens is 3. The van der Waals surface area contributed by atoms with Crippen LogP contribution in [0.15, 0.2) is 36.9 Å². The van der Waals surface area contributed by atoms with E-state index in [9.17, 15) is 5.11 Å². The molecular weight excluding hydrogens is 306 g/mol. The summed E-state index contributed by atoms with van der Waals surface area (Å²) in [7, 11) is 0. The van der Waals surface area contributed by atoms with Crippen LogP contribution in [0.1, 0.15) is 18.4 Å². The normalized spacial score (nSPS) is 19.1. The van der Waals surface area contributed by atoms with Crippen LogP contribution in [0, 0.1) is 11.3 Å². The Morgan fingerprint density at radius 1 is 1.38 bits per heavy atom. The quantitative estimate of drug-likeness (QED) is 0.818. The second-order valence-corrected chi connectivity index (χ2v) is 6.01. The highest BCUT2D eigenvalue weighted by molar-refractivity contribution is 5.34. The second kappa shape index (κ2) is 7.90. The van der Waals surface area contributed by atoms with E-state index in [1.807, 2.05) is 4.68 Å². The number of rotatable bonds is 7. The molecule has 1 aliphatic rings. The van der Waals surface area contributed by atoms with E-state index >= 15 is 0 Å². The fourth-order valence-corrected chi connectivity index (χ4v) is 3.03. The average molecular weight is 327 g/mol. The Kier molecular flexibility index (Phi) is 5.41. The second-order valence-electron chi connectivity index (χ2n) is 6.01. The van der Waals surface area contributed by atoms with Gasteiger partial charge in [0.05, 0.1) is 18.2 Å². The Morgan fingerprint density at radius 2 is 2.21 bits per heavy atom.